The SMILES string of the molecule is CCc1ccccc1N1CC(c2nc3ccccc3n2CCOc2ccccc2)CC1=O. The van der Waals surface area contributed by atoms with Crippen LogP contribution in [0.25, 0.3) is 11.0 Å². The van der Waals surface area contributed by atoms with Gasteiger partial charge in [0, 0.05) is 24.6 Å². The zero-order chi connectivity index (χ0) is 21.9. The molecule has 5 heteroatoms. The van der Waals surface area contributed by atoms with Crippen LogP contribution in [0.5, 0.6) is 5.75 Å². The first-order valence-corrected chi connectivity index (χ1v) is 11.3. The topological polar surface area (TPSA) is 47.4 Å². The highest BCUT2D eigenvalue weighted by molar-refractivity contribution is 5.97. The third-order valence-corrected chi connectivity index (χ3v) is 6.16. The number of aryl methyl sites for hydroxylation is 1. The normalized spacial score (nSPS) is 16.1. The molecule has 4 aromatic rings. The number of aromatic nitrogens is 2. The van der Waals surface area contributed by atoms with Gasteiger partial charge in [-0.25, -0.2) is 4.98 Å². The van der Waals surface area contributed by atoms with Crippen LogP contribution in [0, 0.1) is 0 Å². The lowest BCUT2D eigenvalue weighted by molar-refractivity contribution is -0.117. The van der Waals surface area contributed by atoms with Gasteiger partial charge < -0.3 is 14.2 Å². The van der Waals surface area contributed by atoms with E-state index in [9.17, 15) is 4.79 Å². The molecule has 0 aliphatic carbocycles. The summed E-state index contributed by atoms with van der Waals surface area (Å²) in [5.41, 5.74) is 4.27. The van der Waals surface area contributed by atoms with Crippen LogP contribution < -0.4 is 9.64 Å². The molecular formula is C27H27N3O2. The fourth-order valence-corrected chi connectivity index (χ4v) is 4.60. The second-order valence-electron chi connectivity index (χ2n) is 8.16. The van der Waals surface area contributed by atoms with E-state index in [0.29, 0.717) is 26.1 Å². The lowest BCUT2D eigenvalue weighted by Gasteiger charge is -2.20. The highest BCUT2D eigenvalue weighted by Gasteiger charge is 2.35. The summed E-state index contributed by atoms with van der Waals surface area (Å²) in [6, 6.07) is 26.2. The van der Waals surface area contributed by atoms with Crippen molar-refractivity contribution in [3.8, 4) is 5.75 Å². The minimum absolute atomic E-state index is 0.0523. The van der Waals surface area contributed by atoms with Crippen LogP contribution in [0.15, 0.2) is 78.9 Å². The summed E-state index contributed by atoms with van der Waals surface area (Å²) in [7, 11) is 0. The first-order chi connectivity index (χ1) is 15.7. The highest BCUT2D eigenvalue weighted by atomic mass is 16.5. The molecule has 0 N–H and O–H groups in total. The lowest BCUT2D eigenvalue weighted by Crippen LogP contribution is -2.25. The average Bonchev–Trinajstić information content (AvgIpc) is 3.40. The molecule has 1 saturated heterocycles. The Morgan fingerprint density at radius 3 is 2.56 bits per heavy atom. The monoisotopic (exact) mass is 425 g/mol. The molecule has 3 aromatic carbocycles. The van der Waals surface area contributed by atoms with Crippen LogP contribution in [-0.2, 0) is 17.8 Å². The van der Waals surface area contributed by atoms with Crippen LogP contribution in [0.2, 0.25) is 0 Å². The third kappa shape index (κ3) is 3.86. The standard InChI is InChI=1S/C27H27N3O2/c1-2-20-10-6-8-14-24(20)30-19-21(18-26(30)31)27-28-23-13-7-9-15-25(23)29(27)16-17-32-22-11-4-3-5-12-22/h3-15,21H,2,16-19H2,1H3. The largest absolute Gasteiger partial charge is 0.492 e. The number of benzene rings is 3. The van der Waals surface area contributed by atoms with Gasteiger partial charge in [-0.1, -0.05) is 55.5 Å². The van der Waals surface area contributed by atoms with E-state index >= 15 is 0 Å². The number of nitrogens with zero attached hydrogens (tertiary/aromatic N) is 3. The molecule has 1 aliphatic heterocycles. The molecule has 0 bridgehead atoms. The Labute approximate surface area is 188 Å². The number of rotatable bonds is 7. The second-order valence-corrected chi connectivity index (χ2v) is 8.16. The predicted molar refractivity (Wildman–Crippen MR) is 127 cm³/mol. The maximum absolute atomic E-state index is 13.0. The number of amides is 1. The van der Waals surface area contributed by atoms with Gasteiger partial charge in [-0.15, -0.1) is 0 Å². The number of carbonyl (C=O) groups excluding carboxylic acids is 1. The number of hydrogen-bond donors (Lipinski definition) is 0. The molecule has 0 radical (unpaired) electrons. The maximum atomic E-state index is 13.0. The number of imidazole rings is 1. The van der Waals surface area contributed by atoms with Gasteiger partial charge in [0.1, 0.15) is 18.2 Å². The minimum Gasteiger partial charge on any atom is -0.492 e. The van der Waals surface area contributed by atoms with E-state index in [1.807, 2.05) is 65.6 Å². The van der Waals surface area contributed by atoms with Gasteiger partial charge in [-0.05, 0) is 42.3 Å². The summed E-state index contributed by atoms with van der Waals surface area (Å²) in [6.07, 6.45) is 1.38. The molecule has 2 heterocycles. The van der Waals surface area contributed by atoms with Crippen LogP contribution in [-0.4, -0.2) is 28.6 Å². The zero-order valence-corrected chi connectivity index (χ0v) is 18.3. The molecule has 32 heavy (non-hydrogen) atoms. The van der Waals surface area contributed by atoms with Crippen LogP contribution in [0.1, 0.15) is 30.7 Å². The molecular weight excluding hydrogens is 398 g/mol. The number of anilines is 1. The summed E-state index contributed by atoms with van der Waals surface area (Å²) < 4.78 is 8.19. The number of ether oxygens (including phenoxy) is 1. The van der Waals surface area contributed by atoms with Crippen molar-refractivity contribution in [2.24, 2.45) is 0 Å². The number of para-hydroxylation sites is 4. The van der Waals surface area contributed by atoms with Crippen molar-refractivity contribution in [3.63, 3.8) is 0 Å². The molecule has 1 aliphatic rings. The minimum atomic E-state index is 0.0523. The fraction of sp³-hybridized carbons (Fsp3) is 0.259. The van der Waals surface area contributed by atoms with E-state index in [-0.39, 0.29) is 11.8 Å². The van der Waals surface area contributed by atoms with Gasteiger partial charge in [0.15, 0.2) is 0 Å². The van der Waals surface area contributed by atoms with Crippen molar-refractivity contribution >= 4 is 22.6 Å². The van der Waals surface area contributed by atoms with Crippen LogP contribution in [0.3, 0.4) is 0 Å². The van der Waals surface area contributed by atoms with Crippen molar-refractivity contribution in [3.05, 3.63) is 90.3 Å². The van der Waals surface area contributed by atoms with E-state index in [1.165, 1.54) is 5.56 Å². The Hall–Kier alpha value is -3.60. The van der Waals surface area contributed by atoms with Crippen LogP contribution in [0.4, 0.5) is 5.69 Å². The molecule has 0 saturated carbocycles. The maximum Gasteiger partial charge on any atom is 0.227 e. The molecule has 1 unspecified atom stereocenters. The summed E-state index contributed by atoms with van der Waals surface area (Å²) in [6.45, 7) is 4.00. The Kier molecular flexibility index (Phi) is 5.63. The molecule has 1 aromatic heterocycles. The summed E-state index contributed by atoms with van der Waals surface area (Å²) >= 11 is 0. The molecule has 1 amide bonds. The van der Waals surface area contributed by atoms with Crippen molar-refractivity contribution in [1.29, 1.82) is 0 Å². The van der Waals surface area contributed by atoms with E-state index in [0.717, 1.165) is 34.7 Å². The number of hydrogen-bond acceptors (Lipinski definition) is 3. The van der Waals surface area contributed by atoms with Gasteiger partial charge in [-0.2, -0.15) is 0 Å². The highest BCUT2D eigenvalue weighted by Crippen LogP contribution is 2.34. The number of carbonyl (C=O) groups is 1. The van der Waals surface area contributed by atoms with Gasteiger partial charge >= 0.3 is 0 Å². The Balaban J connectivity index is 1.42. The quantitative estimate of drug-likeness (QED) is 0.409. The van der Waals surface area contributed by atoms with Gasteiger partial charge in [0.25, 0.3) is 0 Å². The van der Waals surface area contributed by atoms with E-state index in [2.05, 4.69) is 29.7 Å². The Morgan fingerprint density at radius 2 is 1.72 bits per heavy atom. The van der Waals surface area contributed by atoms with Gasteiger partial charge in [-0.3, -0.25) is 4.79 Å². The molecule has 1 atom stereocenters. The summed E-state index contributed by atoms with van der Waals surface area (Å²) in [5, 5.41) is 0. The molecule has 1 fully saturated rings. The predicted octanol–water partition coefficient (Wildman–Crippen LogP) is 5.20. The van der Waals surface area contributed by atoms with Gasteiger partial charge in [0.05, 0.1) is 17.6 Å². The second kappa shape index (κ2) is 8.87. The molecule has 5 rings (SSSR count). The zero-order valence-electron chi connectivity index (χ0n) is 18.3. The van der Waals surface area contributed by atoms with Crippen molar-refractivity contribution in [2.45, 2.75) is 32.2 Å². The van der Waals surface area contributed by atoms with Crippen molar-refractivity contribution < 1.29 is 9.53 Å². The summed E-state index contributed by atoms with van der Waals surface area (Å²) in [4.78, 5) is 19.9. The Bertz CT molecular complexity index is 1230. The third-order valence-electron chi connectivity index (χ3n) is 6.16. The van der Waals surface area contributed by atoms with Crippen LogP contribution >= 0.6 is 0 Å². The van der Waals surface area contributed by atoms with Gasteiger partial charge in [0.2, 0.25) is 5.91 Å². The molecule has 162 valence electrons. The fourth-order valence-electron chi connectivity index (χ4n) is 4.60. The summed E-state index contributed by atoms with van der Waals surface area (Å²) in [5.74, 6) is 2.04. The first kappa shape index (κ1) is 20.3. The van der Waals surface area contributed by atoms with E-state index in [4.69, 9.17) is 9.72 Å². The smallest absolute Gasteiger partial charge is 0.227 e. The van der Waals surface area contributed by atoms with E-state index in [1.54, 1.807) is 0 Å². The molecule has 0 spiro atoms. The molecule has 5 nitrogen and oxygen atoms in total. The first-order valence-electron chi connectivity index (χ1n) is 11.3. The number of fused-ring (bicyclic) bond motifs is 1. The van der Waals surface area contributed by atoms with Crippen molar-refractivity contribution in [2.75, 3.05) is 18.1 Å². The average molecular weight is 426 g/mol. The van der Waals surface area contributed by atoms with Crippen molar-refractivity contribution in [1.82, 2.24) is 9.55 Å². The lowest BCUT2D eigenvalue weighted by atomic mass is 10.1. The Morgan fingerprint density at radius 1 is 0.969 bits per heavy atom. The van der Waals surface area contributed by atoms with E-state index < -0.39 is 0 Å².